The van der Waals surface area contributed by atoms with Gasteiger partial charge in [0.1, 0.15) is 5.82 Å². The second kappa shape index (κ2) is 7.31. The number of carbonyl (C=O) groups excluding carboxylic acids is 1. The van der Waals surface area contributed by atoms with Gasteiger partial charge in [-0.2, -0.15) is 10.2 Å². The lowest BCUT2D eigenvalue weighted by Crippen LogP contribution is -2.16. The molecule has 1 aromatic carbocycles. The Morgan fingerprint density at radius 1 is 1.32 bits per heavy atom. The highest BCUT2D eigenvalue weighted by Gasteiger charge is 2.15. The molecule has 0 aliphatic rings. The number of hydrogen-bond acceptors (Lipinski definition) is 4. The third kappa shape index (κ3) is 3.61. The van der Waals surface area contributed by atoms with Crippen LogP contribution < -0.4 is 5.32 Å². The molecule has 3 aromatic rings. The summed E-state index contributed by atoms with van der Waals surface area (Å²) < 4.78 is 3.29. The number of nitrogens with one attached hydrogen (secondary N) is 1. The second-order valence-electron chi connectivity index (χ2n) is 5.72. The van der Waals surface area contributed by atoms with Crippen molar-refractivity contribution >= 4 is 11.7 Å². The standard InChI is InChI=1S/C18H21N5O2/c1-3-22-12-14(11-19-22)18(25)20-17-10-16(21-23(17)8-9-24)15-7-5-4-6-13(15)2/h4-7,10-12,24H,3,8-9H2,1-2H3,(H,20,25). The molecule has 130 valence electrons. The van der Waals surface area contributed by atoms with Crippen LogP contribution in [-0.4, -0.2) is 37.2 Å². The number of benzene rings is 1. The number of carbonyl (C=O) groups is 1. The Bertz CT molecular complexity index is 881. The highest BCUT2D eigenvalue weighted by atomic mass is 16.3. The number of aliphatic hydroxyl groups is 1. The van der Waals surface area contributed by atoms with Crippen LogP contribution in [0.4, 0.5) is 5.82 Å². The SMILES string of the molecule is CCn1cc(C(=O)Nc2cc(-c3ccccc3C)nn2CCO)cn1. The molecule has 2 aromatic heterocycles. The van der Waals surface area contributed by atoms with E-state index in [0.717, 1.165) is 16.8 Å². The van der Waals surface area contributed by atoms with Gasteiger partial charge < -0.3 is 10.4 Å². The summed E-state index contributed by atoms with van der Waals surface area (Å²) in [5.41, 5.74) is 3.33. The summed E-state index contributed by atoms with van der Waals surface area (Å²) in [5.74, 6) is 0.289. The van der Waals surface area contributed by atoms with E-state index >= 15 is 0 Å². The molecule has 2 N–H and O–H groups in total. The molecule has 7 heteroatoms. The first-order valence-electron chi connectivity index (χ1n) is 8.21. The Morgan fingerprint density at radius 2 is 2.12 bits per heavy atom. The minimum Gasteiger partial charge on any atom is -0.394 e. The predicted octanol–water partition coefficient (Wildman–Crippen LogP) is 2.32. The summed E-state index contributed by atoms with van der Waals surface area (Å²) in [7, 11) is 0. The van der Waals surface area contributed by atoms with Gasteiger partial charge in [-0.25, -0.2) is 4.68 Å². The van der Waals surface area contributed by atoms with Crippen LogP contribution in [0.15, 0.2) is 42.7 Å². The number of nitrogens with zero attached hydrogens (tertiary/aromatic N) is 4. The molecule has 25 heavy (non-hydrogen) atoms. The molecule has 3 rings (SSSR count). The first-order valence-corrected chi connectivity index (χ1v) is 8.21. The van der Waals surface area contributed by atoms with Gasteiger partial charge in [-0.15, -0.1) is 0 Å². The van der Waals surface area contributed by atoms with Gasteiger partial charge in [0, 0.05) is 24.4 Å². The minimum atomic E-state index is -0.255. The summed E-state index contributed by atoms with van der Waals surface area (Å²) in [6.07, 6.45) is 3.23. The van der Waals surface area contributed by atoms with Crippen molar-refractivity contribution in [1.29, 1.82) is 0 Å². The van der Waals surface area contributed by atoms with E-state index in [4.69, 9.17) is 0 Å². The molecular weight excluding hydrogens is 318 g/mol. The maximum absolute atomic E-state index is 12.4. The summed E-state index contributed by atoms with van der Waals surface area (Å²) >= 11 is 0. The Kier molecular flexibility index (Phi) is 4.95. The highest BCUT2D eigenvalue weighted by molar-refractivity contribution is 6.03. The van der Waals surface area contributed by atoms with Crippen molar-refractivity contribution in [3.05, 3.63) is 53.9 Å². The van der Waals surface area contributed by atoms with Crippen molar-refractivity contribution in [2.24, 2.45) is 0 Å². The molecule has 0 spiro atoms. The molecule has 7 nitrogen and oxygen atoms in total. The smallest absolute Gasteiger partial charge is 0.259 e. The summed E-state index contributed by atoms with van der Waals surface area (Å²) in [4.78, 5) is 12.4. The first kappa shape index (κ1) is 16.9. The second-order valence-corrected chi connectivity index (χ2v) is 5.72. The third-order valence-corrected chi connectivity index (χ3v) is 3.97. The van der Waals surface area contributed by atoms with Crippen LogP contribution in [-0.2, 0) is 13.1 Å². The molecule has 0 bridgehead atoms. The lowest BCUT2D eigenvalue weighted by molar-refractivity contribution is 0.102. The fourth-order valence-electron chi connectivity index (χ4n) is 2.62. The van der Waals surface area contributed by atoms with Gasteiger partial charge in [0.25, 0.3) is 5.91 Å². The average Bonchev–Trinajstić information content (AvgIpc) is 3.23. The van der Waals surface area contributed by atoms with E-state index in [1.165, 1.54) is 6.20 Å². The van der Waals surface area contributed by atoms with Crippen molar-refractivity contribution in [3.63, 3.8) is 0 Å². The zero-order valence-electron chi connectivity index (χ0n) is 14.3. The summed E-state index contributed by atoms with van der Waals surface area (Å²) in [6, 6.07) is 9.73. The highest BCUT2D eigenvalue weighted by Crippen LogP contribution is 2.25. The van der Waals surface area contributed by atoms with Crippen LogP contribution in [0.3, 0.4) is 0 Å². The molecule has 0 atom stereocenters. The van der Waals surface area contributed by atoms with Gasteiger partial charge in [0.15, 0.2) is 0 Å². The van der Waals surface area contributed by atoms with Crippen LogP contribution in [0.25, 0.3) is 11.3 Å². The third-order valence-electron chi connectivity index (χ3n) is 3.97. The number of hydrogen-bond donors (Lipinski definition) is 2. The molecule has 0 fully saturated rings. The van der Waals surface area contributed by atoms with Gasteiger partial charge in [-0.3, -0.25) is 9.48 Å². The van der Waals surface area contributed by atoms with E-state index in [0.29, 0.717) is 24.5 Å². The number of rotatable bonds is 6. The van der Waals surface area contributed by atoms with Crippen molar-refractivity contribution < 1.29 is 9.90 Å². The lowest BCUT2D eigenvalue weighted by Gasteiger charge is -2.06. The van der Waals surface area contributed by atoms with Gasteiger partial charge in [0.05, 0.1) is 30.6 Å². The minimum absolute atomic E-state index is 0.0640. The molecule has 1 amide bonds. The lowest BCUT2D eigenvalue weighted by atomic mass is 10.1. The number of anilines is 1. The topological polar surface area (TPSA) is 85.0 Å². The Balaban J connectivity index is 1.89. The van der Waals surface area contributed by atoms with Crippen LogP contribution in [0.2, 0.25) is 0 Å². The Morgan fingerprint density at radius 3 is 2.80 bits per heavy atom. The zero-order chi connectivity index (χ0) is 17.8. The number of aliphatic hydroxyl groups excluding tert-OH is 1. The Labute approximate surface area is 145 Å². The number of amides is 1. The quantitative estimate of drug-likeness (QED) is 0.722. The van der Waals surface area contributed by atoms with E-state index in [-0.39, 0.29) is 12.5 Å². The van der Waals surface area contributed by atoms with Gasteiger partial charge in [0.2, 0.25) is 0 Å². The summed E-state index contributed by atoms with van der Waals surface area (Å²) in [6.45, 7) is 4.91. The van der Waals surface area contributed by atoms with E-state index in [9.17, 15) is 9.90 Å². The maximum Gasteiger partial charge on any atom is 0.259 e. The average molecular weight is 339 g/mol. The molecular formula is C18H21N5O2. The molecule has 0 aliphatic carbocycles. The fourth-order valence-corrected chi connectivity index (χ4v) is 2.62. The van der Waals surface area contributed by atoms with Gasteiger partial charge >= 0.3 is 0 Å². The summed E-state index contributed by atoms with van der Waals surface area (Å²) in [5, 5.41) is 20.8. The van der Waals surface area contributed by atoms with E-state index in [1.54, 1.807) is 15.6 Å². The van der Waals surface area contributed by atoms with Crippen molar-refractivity contribution in [2.45, 2.75) is 26.9 Å². The molecule has 0 saturated heterocycles. The van der Waals surface area contributed by atoms with Gasteiger partial charge in [-0.05, 0) is 19.4 Å². The van der Waals surface area contributed by atoms with Crippen LogP contribution in [0.5, 0.6) is 0 Å². The number of aromatic nitrogens is 4. The van der Waals surface area contributed by atoms with E-state index < -0.39 is 0 Å². The Hall–Kier alpha value is -2.93. The van der Waals surface area contributed by atoms with E-state index in [1.807, 2.05) is 44.2 Å². The van der Waals surface area contributed by atoms with Crippen molar-refractivity contribution in [3.8, 4) is 11.3 Å². The van der Waals surface area contributed by atoms with Gasteiger partial charge in [-0.1, -0.05) is 24.3 Å². The molecule has 0 radical (unpaired) electrons. The fraction of sp³-hybridized carbons (Fsp3) is 0.278. The van der Waals surface area contributed by atoms with Crippen LogP contribution in [0.1, 0.15) is 22.8 Å². The molecule has 0 aliphatic heterocycles. The van der Waals surface area contributed by atoms with Crippen molar-refractivity contribution in [1.82, 2.24) is 19.6 Å². The maximum atomic E-state index is 12.4. The number of aryl methyl sites for hydroxylation is 2. The van der Waals surface area contributed by atoms with Crippen LogP contribution in [0, 0.1) is 6.92 Å². The first-order chi connectivity index (χ1) is 12.1. The normalized spacial score (nSPS) is 10.8. The van der Waals surface area contributed by atoms with E-state index in [2.05, 4.69) is 15.5 Å². The largest absolute Gasteiger partial charge is 0.394 e. The molecule has 2 heterocycles. The monoisotopic (exact) mass is 339 g/mol. The van der Waals surface area contributed by atoms with Crippen LogP contribution >= 0.6 is 0 Å². The molecule has 0 unspecified atom stereocenters. The zero-order valence-corrected chi connectivity index (χ0v) is 14.3. The predicted molar refractivity (Wildman–Crippen MR) is 95.3 cm³/mol. The molecule has 0 saturated carbocycles. The van der Waals surface area contributed by atoms with Crippen molar-refractivity contribution in [2.75, 3.05) is 11.9 Å².